The molecule has 2 aromatic carbocycles. The van der Waals surface area contributed by atoms with E-state index >= 15 is 0 Å². The van der Waals surface area contributed by atoms with Crippen LogP contribution in [0, 0.1) is 0 Å². The van der Waals surface area contributed by atoms with Crippen molar-refractivity contribution in [3.05, 3.63) is 82.3 Å². The summed E-state index contributed by atoms with van der Waals surface area (Å²) in [6.45, 7) is 0. The molecule has 4 N–H and O–H groups in total. The van der Waals surface area contributed by atoms with Crippen LogP contribution in [0.3, 0.4) is 0 Å². The van der Waals surface area contributed by atoms with Crippen molar-refractivity contribution >= 4 is 23.0 Å². The Hall–Kier alpha value is -3.75. The van der Waals surface area contributed by atoms with Crippen LogP contribution in [0.25, 0.3) is 0 Å². The Balaban J connectivity index is 1.71. The smallest absolute Gasteiger partial charge is 0.416 e. The van der Waals surface area contributed by atoms with Crippen LogP contribution >= 0.6 is 0 Å². The number of benzene rings is 2. The molecular weight excluding hydrogens is 375 g/mol. The number of carbonyl (C=O) groups excluding carboxylic acids is 1. The van der Waals surface area contributed by atoms with Gasteiger partial charge in [0.25, 0.3) is 5.91 Å². The number of aromatic hydroxyl groups is 1. The van der Waals surface area contributed by atoms with E-state index in [1.165, 1.54) is 30.5 Å². The molecule has 0 aliphatic carbocycles. The van der Waals surface area contributed by atoms with Crippen LogP contribution in [0.5, 0.6) is 5.75 Å². The van der Waals surface area contributed by atoms with Gasteiger partial charge in [0.05, 0.1) is 5.56 Å². The molecule has 0 saturated carbocycles. The number of aromatic nitrogens is 1. The molecule has 0 bridgehead atoms. The number of aromatic amines is 1. The van der Waals surface area contributed by atoms with Gasteiger partial charge < -0.3 is 20.7 Å². The average molecular weight is 389 g/mol. The van der Waals surface area contributed by atoms with Gasteiger partial charge in [-0.25, -0.2) is 0 Å². The lowest BCUT2D eigenvalue weighted by Gasteiger charge is -2.11. The number of carbonyl (C=O) groups is 1. The van der Waals surface area contributed by atoms with Crippen molar-refractivity contribution in [1.29, 1.82) is 0 Å². The Morgan fingerprint density at radius 1 is 0.964 bits per heavy atom. The Kier molecular flexibility index (Phi) is 5.08. The summed E-state index contributed by atoms with van der Waals surface area (Å²) in [7, 11) is 0. The molecule has 6 nitrogen and oxygen atoms in total. The predicted molar refractivity (Wildman–Crippen MR) is 97.8 cm³/mol. The van der Waals surface area contributed by atoms with E-state index in [2.05, 4.69) is 15.6 Å². The first-order valence-electron chi connectivity index (χ1n) is 8.00. The van der Waals surface area contributed by atoms with E-state index in [9.17, 15) is 27.9 Å². The fraction of sp³-hybridized carbons (Fsp3) is 0.0526. The molecule has 1 heterocycles. The second kappa shape index (κ2) is 7.47. The van der Waals surface area contributed by atoms with Gasteiger partial charge in [0.2, 0.25) is 5.43 Å². The number of hydrogen-bond acceptors (Lipinski definition) is 4. The number of pyridine rings is 1. The maximum Gasteiger partial charge on any atom is 0.416 e. The normalized spacial score (nSPS) is 11.1. The zero-order valence-electron chi connectivity index (χ0n) is 14.2. The van der Waals surface area contributed by atoms with Crippen molar-refractivity contribution in [2.75, 3.05) is 10.6 Å². The first kappa shape index (κ1) is 19.0. The van der Waals surface area contributed by atoms with E-state index in [1.807, 2.05) is 0 Å². The SMILES string of the molecule is O=C(Nc1ccc(Nc2cccc(C(F)(F)F)c2)cc1)c1[nH]ccc(=O)c1O. The standard InChI is InChI=1S/C19H14F3N3O3/c20-19(21,22)11-2-1-3-14(10-11)24-12-4-6-13(7-5-12)25-18(28)16-17(27)15(26)8-9-23-16/h1-10,24,27H,(H,23,26)(H,25,28). The molecule has 1 amide bonds. The van der Waals surface area contributed by atoms with Crippen LogP contribution in [0.2, 0.25) is 0 Å². The second-order valence-electron chi connectivity index (χ2n) is 5.80. The molecule has 3 rings (SSSR count). The molecule has 0 spiro atoms. The Bertz CT molecular complexity index is 1060. The third-order valence-corrected chi connectivity index (χ3v) is 3.78. The van der Waals surface area contributed by atoms with E-state index < -0.39 is 28.8 Å². The maximum atomic E-state index is 12.8. The molecule has 0 saturated heterocycles. The summed E-state index contributed by atoms with van der Waals surface area (Å²) >= 11 is 0. The summed E-state index contributed by atoms with van der Waals surface area (Å²) in [4.78, 5) is 26.0. The van der Waals surface area contributed by atoms with Crippen molar-refractivity contribution in [3.63, 3.8) is 0 Å². The highest BCUT2D eigenvalue weighted by atomic mass is 19.4. The van der Waals surface area contributed by atoms with E-state index in [1.54, 1.807) is 12.1 Å². The number of nitrogens with one attached hydrogen (secondary N) is 3. The summed E-state index contributed by atoms with van der Waals surface area (Å²) in [5.74, 6) is -1.41. The fourth-order valence-corrected chi connectivity index (χ4v) is 2.41. The van der Waals surface area contributed by atoms with E-state index in [0.717, 1.165) is 18.2 Å². The summed E-state index contributed by atoms with van der Waals surface area (Å²) < 4.78 is 38.3. The summed E-state index contributed by atoms with van der Waals surface area (Å²) in [6.07, 6.45) is -3.20. The molecule has 0 atom stereocenters. The van der Waals surface area contributed by atoms with E-state index in [-0.39, 0.29) is 11.4 Å². The number of rotatable bonds is 4. The van der Waals surface area contributed by atoms with E-state index in [0.29, 0.717) is 11.4 Å². The van der Waals surface area contributed by atoms with Crippen molar-refractivity contribution in [1.82, 2.24) is 4.98 Å². The molecule has 0 aliphatic rings. The van der Waals surface area contributed by atoms with Crippen LogP contribution in [0.1, 0.15) is 16.1 Å². The molecule has 3 aromatic rings. The highest BCUT2D eigenvalue weighted by Crippen LogP contribution is 2.31. The summed E-state index contributed by atoms with van der Waals surface area (Å²) in [5.41, 5.74) is -0.600. The minimum atomic E-state index is -4.43. The van der Waals surface area contributed by atoms with Gasteiger partial charge in [-0.3, -0.25) is 9.59 Å². The number of hydrogen-bond donors (Lipinski definition) is 4. The minimum Gasteiger partial charge on any atom is -0.503 e. The van der Waals surface area contributed by atoms with E-state index in [4.69, 9.17) is 0 Å². The van der Waals surface area contributed by atoms with Gasteiger partial charge >= 0.3 is 6.18 Å². The highest BCUT2D eigenvalue weighted by molar-refractivity contribution is 6.04. The molecule has 9 heteroatoms. The molecular formula is C19H14F3N3O3. The lowest BCUT2D eigenvalue weighted by molar-refractivity contribution is -0.137. The highest BCUT2D eigenvalue weighted by Gasteiger charge is 2.30. The van der Waals surface area contributed by atoms with Crippen LogP contribution in [0.4, 0.5) is 30.2 Å². The van der Waals surface area contributed by atoms with Crippen LogP contribution in [-0.2, 0) is 6.18 Å². The summed E-state index contributed by atoms with van der Waals surface area (Å²) in [6, 6.07) is 12.0. The van der Waals surface area contributed by atoms with Gasteiger partial charge in [-0.15, -0.1) is 0 Å². The monoisotopic (exact) mass is 389 g/mol. The zero-order chi connectivity index (χ0) is 20.3. The average Bonchev–Trinajstić information content (AvgIpc) is 2.65. The number of amides is 1. The topological polar surface area (TPSA) is 94.2 Å². The Labute approximate surface area is 156 Å². The third-order valence-electron chi connectivity index (χ3n) is 3.78. The number of anilines is 3. The number of halogens is 3. The van der Waals surface area contributed by atoms with Gasteiger partial charge in [-0.1, -0.05) is 6.07 Å². The second-order valence-corrected chi connectivity index (χ2v) is 5.80. The van der Waals surface area contributed by atoms with Gasteiger partial charge in [-0.05, 0) is 42.5 Å². The van der Waals surface area contributed by atoms with Crippen molar-refractivity contribution in [2.45, 2.75) is 6.18 Å². The number of H-pyrrole nitrogens is 1. The quantitative estimate of drug-likeness (QED) is 0.541. The summed E-state index contributed by atoms with van der Waals surface area (Å²) in [5, 5.41) is 15.0. The van der Waals surface area contributed by atoms with Gasteiger partial charge in [0, 0.05) is 29.3 Å². The van der Waals surface area contributed by atoms with Crippen LogP contribution in [0.15, 0.2) is 65.6 Å². The first-order chi connectivity index (χ1) is 13.2. The van der Waals surface area contributed by atoms with Crippen LogP contribution < -0.4 is 16.1 Å². The molecule has 1 aromatic heterocycles. The third kappa shape index (κ3) is 4.32. The van der Waals surface area contributed by atoms with Crippen molar-refractivity contribution < 1.29 is 23.1 Å². The lowest BCUT2D eigenvalue weighted by Crippen LogP contribution is -2.16. The largest absolute Gasteiger partial charge is 0.503 e. The minimum absolute atomic E-state index is 0.262. The number of alkyl halides is 3. The Morgan fingerprint density at radius 2 is 1.64 bits per heavy atom. The predicted octanol–water partition coefficient (Wildman–Crippen LogP) is 4.10. The van der Waals surface area contributed by atoms with Gasteiger partial charge in [0.15, 0.2) is 11.4 Å². The van der Waals surface area contributed by atoms with Crippen molar-refractivity contribution in [2.24, 2.45) is 0 Å². The van der Waals surface area contributed by atoms with Gasteiger partial charge in [-0.2, -0.15) is 13.2 Å². The molecule has 0 unspecified atom stereocenters. The molecule has 0 fully saturated rings. The molecule has 0 aliphatic heterocycles. The maximum absolute atomic E-state index is 12.8. The fourth-order valence-electron chi connectivity index (χ4n) is 2.41. The molecule has 0 radical (unpaired) electrons. The van der Waals surface area contributed by atoms with Gasteiger partial charge in [0.1, 0.15) is 0 Å². The molecule has 28 heavy (non-hydrogen) atoms. The molecule has 144 valence electrons. The van der Waals surface area contributed by atoms with Crippen LogP contribution in [-0.4, -0.2) is 16.0 Å². The Morgan fingerprint density at radius 3 is 2.32 bits per heavy atom. The first-order valence-corrected chi connectivity index (χ1v) is 8.00. The van der Waals surface area contributed by atoms with Crippen molar-refractivity contribution in [3.8, 4) is 5.75 Å². The zero-order valence-corrected chi connectivity index (χ0v) is 14.2. The lowest BCUT2D eigenvalue weighted by atomic mass is 10.2.